The molecule has 0 saturated carbocycles. The fourth-order valence-corrected chi connectivity index (χ4v) is 2.64. The molecule has 2 N–H and O–H groups in total. The van der Waals surface area contributed by atoms with E-state index in [1.54, 1.807) is 0 Å². The number of guanidine groups is 1. The zero-order chi connectivity index (χ0) is 17.1. The van der Waals surface area contributed by atoms with E-state index in [0.717, 1.165) is 58.1 Å². The number of hydrogen-bond donors (Lipinski definition) is 2. The molecular weight excluding hydrogens is 292 g/mol. The van der Waals surface area contributed by atoms with E-state index in [2.05, 4.69) is 43.5 Å². The van der Waals surface area contributed by atoms with E-state index in [1.165, 1.54) is 0 Å². The van der Waals surface area contributed by atoms with Crippen LogP contribution >= 0.6 is 0 Å². The lowest BCUT2D eigenvalue weighted by atomic mass is 10.0. The minimum atomic E-state index is -0.105. The van der Waals surface area contributed by atoms with Crippen LogP contribution in [0.25, 0.3) is 0 Å². The molecule has 2 atom stereocenters. The van der Waals surface area contributed by atoms with Crippen LogP contribution in [0, 0.1) is 0 Å². The van der Waals surface area contributed by atoms with Crippen LogP contribution in [0.1, 0.15) is 40.0 Å². The van der Waals surface area contributed by atoms with E-state index in [1.807, 2.05) is 6.92 Å². The van der Waals surface area contributed by atoms with Crippen molar-refractivity contribution in [1.29, 1.82) is 0 Å². The molecule has 1 aliphatic heterocycles. The molecule has 0 bridgehead atoms. The Morgan fingerprint density at radius 1 is 1.35 bits per heavy atom. The summed E-state index contributed by atoms with van der Waals surface area (Å²) in [7, 11) is 4.18. The second-order valence-electron chi connectivity index (χ2n) is 6.65. The molecule has 0 aromatic heterocycles. The fourth-order valence-electron chi connectivity index (χ4n) is 2.64. The maximum atomic E-state index is 5.82. The average Bonchev–Trinajstić information content (AvgIpc) is 2.94. The predicted molar refractivity (Wildman–Crippen MR) is 96.2 cm³/mol. The number of hydrogen-bond acceptors (Lipinski definition) is 4. The lowest BCUT2D eigenvalue weighted by Crippen LogP contribution is -2.43. The van der Waals surface area contributed by atoms with Crippen molar-refractivity contribution >= 4 is 5.96 Å². The van der Waals surface area contributed by atoms with Crippen molar-refractivity contribution in [2.75, 3.05) is 53.5 Å². The summed E-state index contributed by atoms with van der Waals surface area (Å²) in [5.41, 5.74) is -0.105. The Morgan fingerprint density at radius 3 is 2.70 bits per heavy atom. The van der Waals surface area contributed by atoms with Crippen LogP contribution in [0.2, 0.25) is 0 Å². The molecule has 0 aliphatic carbocycles. The first-order chi connectivity index (χ1) is 11.0. The standard InChI is InChI=1S/C17H36N4O2/c1-6-18-16(20-14-17(3)10-8-12-23-17)19-13-15(22-7-2)9-11-21(4)5/h15H,6-14H2,1-5H3,(H2,18,19,20). The molecule has 1 rings (SSSR count). The molecule has 1 aliphatic rings. The van der Waals surface area contributed by atoms with Gasteiger partial charge in [0.2, 0.25) is 0 Å². The number of nitrogens with zero attached hydrogens (tertiary/aromatic N) is 2. The highest BCUT2D eigenvalue weighted by molar-refractivity contribution is 5.79. The second kappa shape index (κ2) is 10.8. The third-order valence-corrected chi connectivity index (χ3v) is 4.01. The first-order valence-corrected chi connectivity index (χ1v) is 8.91. The number of ether oxygens (including phenoxy) is 2. The summed E-state index contributed by atoms with van der Waals surface area (Å²) in [6, 6.07) is 0. The number of nitrogens with one attached hydrogen (secondary N) is 2. The van der Waals surface area contributed by atoms with Crippen LogP contribution in [0.5, 0.6) is 0 Å². The van der Waals surface area contributed by atoms with E-state index >= 15 is 0 Å². The SMILES string of the molecule is CCNC(=NCC1(C)CCCO1)NCC(CCN(C)C)OCC. The van der Waals surface area contributed by atoms with Gasteiger partial charge < -0.3 is 25.0 Å². The van der Waals surface area contributed by atoms with E-state index in [-0.39, 0.29) is 11.7 Å². The highest BCUT2D eigenvalue weighted by Gasteiger charge is 2.29. The smallest absolute Gasteiger partial charge is 0.191 e. The first kappa shape index (κ1) is 20.2. The summed E-state index contributed by atoms with van der Waals surface area (Å²) < 4.78 is 11.6. The van der Waals surface area contributed by atoms with Gasteiger partial charge in [0.15, 0.2) is 5.96 Å². The molecule has 136 valence electrons. The normalized spacial score (nSPS) is 23.3. The second-order valence-corrected chi connectivity index (χ2v) is 6.65. The van der Waals surface area contributed by atoms with Gasteiger partial charge in [0.05, 0.1) is 18.2 Å². The van der Waals surface area contributed by atoms with Gasteiger partial charge in [0, 0.05) is 32.8 Å². The van der Waals surface area contributed by atoms with Gasteiger partial charge in [0.1, 0.15) is 0 Å². The zero-order valence-corrected chi connectivity index (χ0v) is 15.7. The predicted octanol–water partition coefficient (Wildman–Crippen LogP) is 1.47. The minimum absolute atomic E-state index is 0.105. The molecule has 0 aromatic rings. The lowest BCUT2D eigenvalue weighted by molar-refractivity contribution is 0.0283. The molecule has 0 radical (unpaired) electrons. The van der Waals surface area contributed by atoms with E-state index in [9.17, 15) is 0 Å². The Labute approximate surface area is 142 Å². The number of rotatable bonds is 10. The van der Waals surface area contributed by atoms with Crippen molar-refractivity contribution in [3.63, 3.8) is 0 Å². The van der Waals surface area contributed by atoms with Crippen molar-refractivity contribution in [3.05, 3.63) is 0 Å². The van der Waals surface area contributed by atoms with Gasteiger partial charge in [-0.15, -0.1) is 0 Å². The molecule has 1 heterocycles. The van der Waals surface area contributed by atoms with Gasteiger partial charge in [-0.1, -0.05) is 0 Å². The summed E-state index contributed by atoms with van der Waals surface area (Å²) in [6.45, 7) is 11.2. The maximum absolute atomic E-state index is 5.82. The molecular formula is C17H36N4O2. The van der Waals surface area contributed by atoms with Crippen molar-refractivity contribution in [3.8, 4) is 0 Å². The van der Waals surface area contributed by atoms with E-state index in [4.69, 9.17) is 14.5 Å². The average molecular weight is 329 g/mol. The van der Waals surface area contributed by atoms with Gasteiger partial charge in [-0.05, 0) is 54.1 Å². The van der Waals surface area contributed by atoms with Crippen molar-refractivity contribution < 1.29 is 9.47 Å². The molecule has 6 heteroatoms. The van der Waals surface area contributed by atoms with E-state index < -0.39 is 0 Å². The summed E-state index contributed by atoms with van der Waals surface area (Å²) in [5, 5.41) is 6.71. The largest absolute Gasteiger partial charge is 0.377 e. The van der Waals surface area contributed by atoms with Gasteiger partial charge >= 0.3 is 0 Å². The Kier molecular flexibility index (Phi) is 9.52. The minimum Gasteiger partial charge on any atom is -0.377 e. The topological polar surface area (TPSA) is 58.1 Å². The highest BCUT2D eigenvalue weighted by atomic mass is 16.5. The van der Waals surface area contributed by atoms with Crippen molar-refractivity contribution in [2.24, 2.45) is 4.99 Å². The van der Waals surface area contributed by atoms with Crippen LogP contribution < -0.4 is 10.6 Å². The Morgan fingerprint density at radius 2 is 2.13 bits per heavy atom. The summed E-state index contributed by atoms with van der Waals surface area (Å²) in [6.07, 6.45) is 3.42. The molecule has 0 aromatic carbocycles. The molecule has 1 fully saturated rings. The van der Waals surface area contributed by atoms with Crippen LogP contribution in [0.3, 0.4) is 0 Å². The maximum Gasteiger partial charge on any atom is 0.191 e. The zero-order valence-electron chi connectivity index (χ0n) is 15.7. The van der Waals surface area contributed by atoms with Crippen LogP contribution in [0.15, 0.2) is 4.99 Å². The fraction of sp³-hybridized carbons (Fsp3) is 0.941. The van der Waals surface area contributed by atoms with E-state index in [0.29, 0.717) is 6.54 Å². The third kappa shape index (κ3) is 8.53. The summed E-state index contributed by atoms with van der Waals surface area (Å²) in [5.74, 6) is 0.846. The van der Waals surface area contributed by atoms with Gasteiger partial charge in [-0.25, -0.2) is 0 Å². The number of aliphatic imine (C=N–C) groups is 1. The molecule has 2 unspecified atom stereocenters. The summed E-state index contributed by atoms with van der Waals surface area (Å²) in [4.78, 5) is 6.88. The third-order valence-electron chi connectivity index (χ3n) is 4.01. The quantitative estimate of drug-likeness (QED) is 0.470. The molecule has 0 spiro atoms. The van der Waals surface area contributed by atoms with Crippen molar-refractivity contribution in [2.45, 2.75) is 51.7 Å². The van der Waals surface area contributed by atoms with Crippen molar-refractivity contribution in [1.82, 2.24) is 15.5 Å². The Balaban J connectivity index is 2.48. The monoisotopic (exact) mass is 328 g/mol. The molecule has 6 nitrogen and oxygen atoms in total. The first-order valence-electron chi connectivity index (χ1n) is 8.91. The van der Waals surface area contributed by atoms with Gasteiger partial charge in [-0.3, -0.25) is 4.99 Å². The Bertz CT molecular complexity index is 341. The van der Waals surface area contributed by atoms with Crippen LogP contribution in [0.4, 0.5) is 0 Å². The molecule has 0 amide bonds. The highest BCUT2D eigenvalue weighted by Crippen LogP contribution is 2.24. The van der Waals surface area contributed by atoms with Gasteiger partial charge in [0.25, 0.3) is 0 Å². The van der Waals surface area contributed by atoms with Crippen LogP contribution in [-0.2, 0) is 9.47 Å². The van der Waals surface area contributed by atoms with Crippen LogP contribution in [-0.4, -0.2) is 76.1 Å². The summed E-state index contributed by atoms with van der Waals surface area (Å²) >= 11 is 0. The van der Waals surface area contributed by atoms with Gasteiger partial charge in [-0.2, -0.15) is 0 Å². The Hall–Kier alpha value is -0.850. The molecule has 1 saturated heterocycles. The lowest BCUT2D eigenvalue weighted by Gasteiger charge is -2.23. The molecule has 23 heavy (non-hydrogen) atoms.